The number of benzene rings is 1. The lowest BCUT2D eigenvalue weighted by molar-refractivity contribution is -0.355. The Kier molecular flexibility index (Phi) is 5.82. The summed E-state index contributed by atoms with van der Waals surface area (Å²) in [6.07, 6.45) is -2.22. The summed E-state index contributed by atoms with van der Waals surface area (Å²) in [5, 5.41) is 41.7. The third kappa shape index (κ3) is 3.94. The predicted octanol–water partition coefficient (Wildman–Crippen LogP) is 0.709. The van der Waals surface area contributed by atoms with Gasteiger partial charge in [0.1, 0.15) is 18.0 Å². The first-order chi connectivity index (χ1) is 13.0. The lowest BCUT2D eigenvalue weighted by Crippen LogP contribution is -2.70. The van der Waals surface area contributed by atoms with Gasteiger partial charge in [0.25, 0.3) is 0 Å². The van der Waals surface area contributed by atoms with Crippen LogP contribution < -0.4 is 0 Å². The van der Waals surface area contributed by atoms with E-state index in [2.05, 4.69) is 0 Å². The summed E-state index contributed by atoms with van der Waals surface area (Å²) in [6, 6.07) is 7.32. The number of hydrogen-bond acceptors (Lipinski definition) is 8. The Hall–Kier alpha value is -1.55. The van der Waals surface area contributed by atoms with Gasteiger partial charge < -0.3 is 25.2 Å². The van der Waals surface area contributed by atoms with E-state index in [1.807, 2.05) is 19.1 Å². The van der Waals surface area contributed by atoms with Crippen LogP contribution in [0.15, 0.2) is 41.3 Å². The van der Waals surface area contributed by atoms with Crippen LogP contribution in [0.2, 0.25) is 0 Å². The van der Waals surface area contributed by atoms with Gasteiger partial charge in [-0.1, -0.05) is 35.5 Å². The van der Waals surface area contributed by atoms with Crippen LogP contribution in [0.25, 0.3) is 0 Å². The Bertz CT molecular complexity index is 788. The van der Waals surface area contributed by atoms with E-state index < -0.39 is 34.9 Å². The maximum atomic E-state index is 12.3. The molecule has 0 radical (unpaired) electrons. The summed E-state index contributed by atoms with van der Waals surface area (Å²) in [7, 11) is 0. The fraction of sp³-hybridized carbons (Fsp3) is 0.500. The van der Waals surface area contributed by atoms with E-state index in [9.17, 15) is 30.0 Å². The van der Waals surface area contributed by atoms with Crippen molar-refractivity contribution in [1.82, 2.24) is 0 Å². The summed E-state index contributed by atoms with van der Waals surface area (Å²) < 4.78 is 5.92. The van der Waals surface area contributed by atoms with Crippen LogP contribution in [0.5, 0.6) is 0 Å². The predicted molar refractivity (Wildman–Crippen MR) is 101 cm³/mol. The maximum absolute atomic E-state index is 12.3. The molecule has 1 saturated heterocycles. The Morgan fingerprint density at radius 3 is 2.43 bits per heavy atom. The number of ether oxygens (including phenoxy) is 1. The van der Waals surface area contributed by atoms with Crippen molar-refractivity contribution in [3.8, 4) is 0 Å². The van der Waals surface area contributed by atoms with Crippen molar-refractivity contribution in [1.29, 1.82) is 0 Å². The lowest BCUT2D eigenvalue weighted by Gasteiger charge is -2.52. The first-order valence-electron chi connectivity index (χ1n) is 9.03. The second kappa shape index (κ2) is 7.70. The van der Waals surface area contributed by atoms with Crippen molar-refractivity contribution in [2.45, 2.75) is 60.6 Å². The Morgan fingerprint density at radius 2 is 1.82 bits per heavy atom. The van der Waals surface area contributed by atoms with Crippen LogP contribution in [-0.4, -0.2) is 61.0 Å². The van der Waals surface area contributed by atoms with Crippen LogP contribution in [0.3, 0.4) is 0 Å². The van der Waals surface area contributed by atoms with E-state index in [0.29, 0.717) is 4.90 Å². The van der Waals surface area contributed by atoms with Gasteiger partial charge in [0, 0.05) is 17.2 Å². The Morgan fingerprint density at radius 1 is 1.18 bits per heavy atom. The largest absolute Gasteiger partial charge is 0.385 e. The summed E-state index contributed by atoms with van der Waals surface area (Å²) >= 11 is 1.06. The Labute approximate surface area is 167 Å². The number of thioether (sulfide) groups is 1. The molecule has 1 unspecified atom stereocenters. The number of Topliss-reactive ketones (excluding diaryl/α,β-unsaturated/α-hetero) is 1. The molecule has 3 rings (SSSR count). The minimum Gasteiger partial charge on any atom is -0.385 e. The summed E-state index contributed by atoms with van der Waals surface area (Å²) in [4.78, 5) is 22.9. The van der Waals surface area contributed by atoms with Crippen LogP contribution in [0.4, 0.5) is 0 Å². The molecular formula is C20H24O7S. The minimum atomic E-state index is -2.83. The number of carbonyl (C=O) groups is 2. The molecule has 7 nitrogen and oxygen atoms in total. The number of aliphatic hydroxyl groups excluding tert-OH is 2. The van der Waals surface area contributed by atoms with Crippen LogP contribution >= 0.6 is 11.8 Å². The van der Waals surface area contributed by atoms with E-state index in [-0.39, 0.29) is 24.4 Å². The third-order valence-electron chi connectivity index (χ3n) is 5.18. The highest BCUT2D eigenvalue weighted by Gasteiger charge is 2.61. The van der Waals surface area contributed by atoms with Gasteiger partial charge in [0.2, 0.25) is 5.79 Å². The zero-order valence-corrected chi connectivity index (χ0v) is 16.4. The first kappa shape index (κ1) is 21.2. The highest BCUT2D eigenvalue weighted by molar-refractivity contribution is 8.00. The molecule has 1 aromatic carbocycles. The van der Waals surface area contributed by atoms with Gasteiger partial charge in [-0.05, 0) is 32.1 Å². The average Bonchev–Trinajstić information content (AvgIpc) is 2.63. The molecule has 0 aromatic heterocycles. The average molecular weight is 408 g/mol. The number of hydrogen-bond donors (Lipinski definition) is 4. The topological polar surface area (TPSA) is 124 Å². The number of allylic oxidation sites excluding steroid dienone is 2. The molecule has 0 bridgehead atoms. The molecule has 0 saturated carbocycles. The molecule has 5 atom stereocenters. The SMILES string of the molecule is Cc1ccc(S[C@]2(CC3C=CC(=O)CC3=O)O[C@@H](C)[C@H](O)C(O)(O)[C@H]2O)cc1. The number of ketones is 2. The number of carbonyl (C=O) groups excluding carboxylic acids is 2. The van der Waals surface area contributed by atoms with E-state index >= 15 is 0 Å². The molecule has 1 aliphatic carbocycles. The zero-order valence-electron chi connectivity index (χ0n) is 15.6. The monoisotopic (exact) mass is 408 g/mol. The van der Waals surface area contributed by atoms with Gasteiger partial charge in [-0.25, -0.2) is 0 Å². The fourth-order valence-corrected chi connectivity index (χ4v) is 4.96. The van der Waals surface area contributed by atoms with Crippen LogP contribution in [0.1, 0.15) is 25.3 Å². The van der Waals surface area contributed by atoms with Crippen LogP contribution in [-0.2, 0) is 14.3 Å². The molecule has 28 heavy (non-hydrogen) atoms. The van der Waals surface area contributed by atoms with Crippen molar-refractivity contribution >= 4 is 23.3 Å². The smallest absolute Gasteiger partial charge is 0.222 e. The highest BCUT2D eigenvalue weighted by Crippen LogP contribution is 2.49. The van der Waals surface area contributed by atoms with Gasteiger partial charge in [-0.3, -0.25) is 9.59 Å². The standard InChI is InChI=1S/C20H24O7S/c1-11-3-7-15(8-4-11)28-19(10-13-5-6-14(21)9-16(13)22)18(24)20(25,26)17(23)12(2)27-19/h3-8,12-13,17-18,23-26H,9-10H2,1-2H3/t12-,13?,17-,18-,19-/m0/s1. The molecule has 152 valence electrons. The first-order valence-corrected chi connectivity index (χ1v) is 9.85. The summed E-state index contributed by atoms with van der Waals surface area (Å²) in [5.41, 5.74) is 1.02. The molecule has 4 N–H and O–H groups in total. The summed E-state index contributed by atoms with van der Waals surface area (Å²) in [5.74, 6) is -4.18. The molecule has 1 aliphatic heterocycles. The maximum Gasteiger partial charge on any atom is 0.222 e. The molecule has 1 aromatic rings. The van der Waals surface area contributed by atoms with E-state index in [1.54, 1.807) is 12.1 Å². The number of rotatable bonds is 4. The minimum absolute atomic E-state index is 0.0880. The Balaban J connectivity index is 2.00. The third-order valence-corrected chi connectivity index (χ3v) is 6.52. The van der Waals surface area contributed by atoms with Gasteiger partial charge in [-0.15, -0.1) is 0 Å². The van der Waals surface area contributed by atoms with Gasteiger partial charge in [0.15, 0.2) is 10.7 Å². The quantitative estimate of drug-likeness (QED) is 0.424. The van der Waals surface area contributed by atoms with Gasteiger partial charge in [0.05, 0.1) is 12.5 Å². The van der Waals surface area contributed by atoms with Crippen molar-refractivity contribution < 1.29 is 34.8 Å². The van der Waals surface area contributed by atoms with Crippen molar-refractivity contribution in [2.24, 2.45) is 5.92 Å². The van der Waals surface area contributed by atoms with Crippen molar-refractivity contribution in [3.63, 3.8) is 0 Å². The highest BCUT2D eigenvalue weighted by atomic mass is 32.2. The van der Waals surface area contributed by atoms with Gasteiger partial charge in [-0.2, -0.15) is 0 Å². The zero-order chi connectivity index (χ0) is 20.7. The number of aryl methyl sites for hydroxylation is 1. The van der Waals surface area contributed by atoms with Crippen molar-refractivity contribution in [2.75, 3.05) is 0 Å². The molecule has 8 heteroatoms. The van der Waals surface area contributed by atoms with E-state index in [0.717, 1.165) is 17.3 Å². The summed E-state index contributed by atoms with van der Waals surface area (Å²) in [6.45, 7) is 3.38. The lowest BCUT2D eigenvalue weighted by atomic mass is 9.83. The molecule has 0 spiro atoms. The normalized spacial score (nSPS) is 35.2. The van der Waals surface area contributed by atoms with E-state index in [4.69, 9.17) is 4.74 Å². The van der Waals surface area contributed by atoms with Gasteiger partial charge >= 0.3 is 0 Å². The fourth-order valence-electron chi connectivity index (χ4n) is 3.54. The molecular weight excluding hydrogens is 384 g/mol. The second-order valence-corrected chi connectivity index (χ2v) is 8.83. The molecule has 2 aliphatic rings. The van der Waals surface area contributed by atoms with E-state index in [1.165, 1.54) is 19.1 Å². The molecule has 0 amide bonds. The second-order valence-electron chi connectivity index (χ2n) is 7.46. The van der Waals surface area contributed by atoms with Crippen LogP contribution in [0, 0.1) is 12.8 Å². The van der Waals surface area contributed by atoms with Crippen molar-refractivity contribution in [3.05, 3.63) is 42.0 Å². The molecule has 1 heterocycles. The number of aliphatic hydroxyl groups is 4. The molecule has 1 fully saturated rings.